The highest BCUT2D eigenvalue weighted by atomic mass is 19.1. The molecule has 0 fully saturated rings. The van der Waals surface area contributed by atoms with Crippen molar-refractivity contribution in [3.63, 3.8) is 0 Å². The summed E-state index contributed by atoms with van der Waals surface area (Å²) in [6, 6.07) is 16.9. The van der Waals surface area contributed by atoms with Crippen molar-refractivity contribution in [2.75, 3.05) is 12.4 Å². The Kier molecular flexibility index (Phi) is 6.03. The zero-order valence-electron chi connectivity index (χ0n) is 15.5. The summed E-state index contributed by atoms with van der Waals surface area (Å²) in [7, 11) is 1.43. The Morgan fingerprint density at radius 3 is 2.52 bits per heavy atom. The Hall–Kier alpha value is -3.94. The lowest BCUT2D eigenvalue weighted by atomic mass is 10.1. The van der Waals surface area contributed by atoms with Crippen LogP contribution in [0.15, 0.2) is 66.7 Å². The van der Waals surface area contributed by atoms with Gasteiger partial charge in [0.25, 0.3) is 11.6 Å². The number of nitrogens with zero attached hydrogens (tertiary/aromatic N) is 1. The summed E-state index contributed by atoms with van der Waals surface area (Å²) in [5.74, 6) is -0.404. The van der Waals surface area contributed by atoms with Crippen LogP contribution in [0.3, 0.4) is 0 Å². The van der Waals surface area contributed by atoms with Crippen LogP contribution in [-0.4, -0.2) is 17.9 Å². The van der Waals surface area contributed by atoms with Crippen LogP contribution in [0.25, 0.3) is 0 Å². The molecule has 0 heterocycles. The number of hydrogen-bond acceptors (Lipinski definition) is 5. The summed E-state index contributed by atoms with van der Waals surface area (Å²) in [6.07, 6.45) is 0. The molecule has 8 heteroatoms. The lowest BCUT2D eigenvalue weighted by molar-refractivity contribution is -0.384. The van der Waals surface area contributed by atoms with Crippen LogP contribution in [0.2, 0.25) is 0 Å². The fraction of sp³-hybridized carbons (Fsp3) is 0.0952. The van der Waals surface area contributed by atoms with Crippen molar-refractivity contribution >= 4 is 23.0 Å². The van der Waals surface area contributed by atoms with E-state index in [0.29, 0.717) is 28.3 Å². The zero-order valence-corrected chi connectivity index (χ0v) is 15.5. The number of ether oxygens (including phenoxy) is 1. The van der Waals surface area contributed by atoms with Gasteiger partial charge in [0.2, 0.25) is 0 Å². The van der Waals surface area contributed by atoms with Crippen LogP contribution < -0.4 is 15.4 Å². The quantitative estimate of drug-likeness (QED) is 0.456. The molecule has 1 amide bonds. The second kappa shape index (κ2) is 8.83. The molecule has 0 spiro atoms. The third-order valence-electron chi connectivity index (χ3n) is 4.22. The number of amides is 1. The van der Waals surface area contributed by atoms with Gasteiger partial charge in [0, 0.05) is 36.0 Å². The lowest BCUT2D eigenvalue weighted by Crippen LogP contribution is -2.24. The number of carbonyl (C=O) groups is 1. The number of rotatable bonds is 7. The molecule has 3 aromatic carbocycles. The topological polar surface area (TPSA) is 93.5 Å². The highest BCUT2D eigenvalue weighted by molar-refractivity contribution is 6.00. The van der Waals surface area contributed by atoms with E-state index in [9.17, 15) is 19.3 Å². The number of hydrogen-bond donors (Lipinski definition) is 2. The third-order valence-corrected chi connectivity index (χ3v) is 4.22. The first-order valence-corrected chi connectivity index (χ1v) is 8.69. The van der Waals surface area contributed by atoms with Gasteiger partial charge in [0.1, 0.15) is 11.6 Å². The Bertz CT molecular complexity index is 1040. The molecule has 7 nitrogen and oxygen atoms in total. The molecule has 148 valence electrons. The largest absolute Gasteiger partial charge is 0.496 e. The Morgan fingerprint density at radius 2 is 1.83 bits per heavy atom. The molecule has 0 unspecified atom stereocenters. The zero-order chi connectivity index (χ0) is 20.8. The number of methoxy groups -OCH3 is 1. The number of anilines is 2. The van der Waals surface area contributed by atoms with Crippen molar-refractivity contribution in [1.29, 1.82) is 0 Å². The van der Waals surface area contributed by atoms with E-state index in [-0.39, 0.29) is 18.1 Å². The van der Waals surface area contributed by atoms with Gasteiger partial charge in [0.05, 0.1) is 23.3 Å². The lowest BCUT2D eigenvalue weighted by Gasteiger charge is -2.13. The van der Waals surface area contributed by atoms with Crippen molar-refractivity contribution in [2.24, 2.45) is 0 Å². The Labute approximate surface area is 166 Å². The SMILES string of the molecule is COc1cc(F)ccc1CNC(=O)c1ccccc1Nc1ccc([N+](=O)[O-])cc1. The molecule has 0 aliphatic carbocycles. The van der Waals surface area contributed by atoms with Crippen LogP contribution in [0.4, 0.5) is 21.5 Å². The number of benzene rings is 3. The predicted octanol–water partition coefficient (Wildman–Crippen LogP) is 4.42. The Balaban J connectivity index is 1.74. The van der Waals surface area contributed by atoms with E-state index in [1.807, 2.05) is 0 Å². The summed E-state index contributed by atoms with van der Waals surface area (Å²) in [5, 5.41) is 16.6. The van der Waals surface area contributed by atoms with Gasteiger partial charge in [-0.25, -0.2) is 4.39 Å². The molecule has 0 atom stereocenters. The second-order valence-electron chi connectivity index (χ2n) is 6.11. The highest BCUT2D eigenvalue weighted by Gasteiger charge is 2.13. The van der Waals surface area contributed by atoms with E-state index in [1.165, 1.54) is 31.4 Å². The van der Waals surface area contributed by atoms with E-state index < -0.39 is 10.7 Å². The van der Waals surface area contributed by atoms with Crippen LogP contribution >= 0.6 is 0 Å². The summed E-state index contributed by atoms with van der Waals surface area (Å²) in [6.45, 7) is 0.161. The van der Waals surface area contributed by atoms with Crippen LogP contribution in [-0.2, 0) is 6.54 Å². The molecular formula is C21H18FN3O4. The number of nitro groups is 1. The summed E-state index contributed by atoms with van der Waals surface area (Å²) >= 11 is 0. The average Bonchev–Trinajstić information content (AvgIpc) is 2.73. The molecule has 3 rings (SSSR count). The smallest absolute Gasteiger partial charge is 0.269 e. The number of nitrogens with one attached hydrogen (secondary N) is 2. The van der Waals surface area contributed by atoms with Crippen molar-refractivity contribution in [3.8, 4) is 5.75 Å². The number of para-hydroxylation sites is 1. The van der Waals surface area contributed by atoms with E-state index in [0.717, 1.165) is 0 Å². The molecule has 2 N–H and O–H groups in total. The van der Waals surface area contributed by atoms with Gasteiger partial charge in [-0.2, -0.15) is 0 Å². The normalized spacial score (nSPS) is 10.3. The van der Waals surface area contributed by atoms with Gasteiger partial charge in [-0.3, -0.25) is 14.9 Å². The van der Waals surface area contributed by atoms with Gasteiger partial charge in [0.15, 0.2) is 0 Å². The van der Waals surface area contributed by atoms with Gasteiger partial charge >= 0.3 is 0 Å². The Morgan fingerprint density at radius 1 is 1.10 bits per heavy atom. The molecule has 29 heavy (non-hydrogen) atoms. The van der Waals surface area contributed by atoms with Crippen molar-refractivity contribution in [1.82, 2.24) is 5.32 Å². The number of nitro benzene ring substituents is 1. The first-order chi connectivity index (χ1) is 14.0. The van der Waals surface area contributed by atoms with Gasteiger partial charge in [-0.05, 0) is 30.3 Å². The minimum Gasteiger partial charge on any atom is -0.496 e. The van der Waals surface area contributed by atoms with E-state index in [4.69, 9.17) is 4.74 Å². The molecule has 0 saturated carbocycles. The fourth-order valence-corrected chi connectivity index (χ4v) is 2.75. The molecule has 0 saturated heterocycles. The molecule has 0 aliphatic rings. The van der Waals surface area contributed by atoms with E-state index >= 15 is 0 Å². The average molecular weight is 395 g/mol. The standard InChI is InChI=1S/C21H18FN3O4/c1-29-20-12-15(22)7-6-14(20)13-23-21(26)18-4-2-3-5-19(18)24-16-8-10-17(11-9-16)25(27)28/h2-12,24H,13H2,1H3,(H,23,26). The van der Waals surface area contributed by atoms with Crippen LogP contribution in [0.1, 0.15) is 15.9 Å². The number of carbonyl (C=O) groups excluding carboxylic acids is 1. The molecule has 0 aromatic heterocycles. The molecule has 0 radical (unpaired) electrons. The molecule has 3 aromatic rings. The maximum atomic E-state index is 13.3. The summed E-state index contributed by atoms with van der Waals surface area (Å²) in [4.78, 5) is 23.0. The third kappa shape index (κ3) is 4.86. The van der Waals surface area contributed by atoms with Crippen molar-refractivity contribution in [3.05, 3.63) is 93.8 Å². The van der Waals surface area contributed by atoms with Crippen molar-refractivity contribution in [2.45, 2.75) is 6.54 Å². The van der Waals surface area contributed by atoms with Gasteiger partial charge in [-0.1, -0.05) is 18.2 Å². The maximum absolute atomic E-state index is 13.3. The van der Waals surface area contributed by atoms with E-state index in [2.05, 4.69) is 10.6 Å². The number of non-ortho nitro benzene ring substituents is 1. The monoisotopic (exact) mass is 395 g/mol. The second-order valence-corrected chi connectivity index (χ2v) is 6.11. The summed E-state index contributed by atoms with van der Waals surface area (Å²) < 4.78 is 18.5. The molecule has 0 bridgehead atoms. The highest BCUT2D eigenvalue weighted by Crippen LogP contribution is 2.24. The first kappa shape index (κ1) is 19.8. The van der Waals surface area contributed by atoms with Gasteiger partial charge in [-0.15, -0.1) is 0 Å². The minimum atomic E-state index is -0.477. The molecular weight excluding hydrogens is 377 g/mol. The molecule has 0 aliphatic heterocycles. The minimum absolute atomic E-state index is 0.0187. The first-order valence-electron chi connectivity index (χ1n) is 8.69. The predicted molar refractivity (Wildman–Crippen MR) is 107 cm³/mol. The maximum Gasteiger partial charge on any atom is 0.269 e. The van der Waals surface area contributed by atoms with E-state index in [1.54, 1.807) is 42.5 Å². The summed E-state index contributed by atoms with van der Waals surface area (Å²) in [5.41, 5.74) is 2.17. The fourth-order valence-electron chi connectivity index (χ4n) is 2.75. The van der Waals surface area contributed by atoms with Crippen LogP contribution in [0.5, 0.6) is 5.75 Å². The van der Waals surface area contributed by atoms with Gasteiger partial charge < -0.3 is 15.4 Å². The van der Waals surface area contributed by atoms with Crippen molar-refractivity contribution < 1.29 is 18.8 Å². The number of halogens is 1. The van der Waals surface area contributed by atoms with Crippen LogP contribution in [0, 0.1) is 15.9 Å².